The molecule has 0 bridgehead atoms. The molecule has 33 heavy (non-hydrogen) atoms. The SMILES string of the molecule is COc1nc2c(N3C[C@H](C)N[C@@H](C)C3)ccc(C(=O)Nc3cc(F)c4nn(C)cc4c3)c2o1. The molecule has 1 saturated heterocycles. The number of rotatable bonds is 4. The highest BCUT2D eigenvalue weighted by Gasteiger charge is 2.26. The summed E-state index contributed by atoms with van der Waals surface area (Å²) in [6.07, 6.45) is 1.77. The Labute approximate surface area is 189 Å². The van der Waals surface area contributed by atoms with Gasteiger partial charge in [0.05, 0.1) is 18.4 Å². The van der Waals surface area contributed by atoms with Crippen LogP contribution in [0.15, 0.2) is 34.9 Å². The number of halogens is 1. The minimum absolute atomic E-state index is 0.0746. The second-order valence-electron chi connectivity index (χ2n) is 8.52. The van der Waals surface area contributed by atoms with E-state index in [0.29, 0.717) is 34.3 Å². The lowest BCUT2D eigenvalue weighted by atomic mass is 10.1. The van der Waals surface area contributed by atoms with Crippen LogP contribution in [0.2, 0.25) is 0 Å². The van der Waals surface area contributed by atoms with Crippen molar-refractivity contribution in [2.24, 2.45) is 7.05 Å². The minimum Gasteiger partial charge on any atom is -0.453 e. The summed E-state index contributed by atoms with van der Waals surface area (Å²) in [7, 11) is 3.18. The number of oxazole rings is 1. The summed E-state index contributed by atoms with van der Waals surface area (Å²) in [5.41, 5.74) is 2.61. The average Bonchev–Trinajstić information content (AvgIpc) is 3.35. The predicted octanol–water partition coefficient (Wildman–Crippen LogP) is 3.30. The Bertz CT molecular complexity index is 1350. The molecule has 0 unspecified atom stereocenters. The van der Waals surface area contributed by atoms with Gasteiger partial charge in [-0.1, -0.05) is 0 Å². The fourth-order valence-corrected chi connectivity index (χ4v) is 4.50. The zero-order valence-corrected chi connectivity index (χ0v) is 18.8. The van der Waals surface area contributed by atoms with Crippen LogP contribution in [0, 0.1) is 5.82 Å². The minimum atomic E-state index is -0.507. The standard InChI is InChI=1S/C23H25FN6O3/c1-12-9-30(10-13(2)25-12)18-6-5-16(21-20(18)27-23(32-4)33-21)22(31)26-15-7-14-11-29(3)28-19(14)17(24)8-15/h5-8,11-13,25H,9-10H2,1-4H3,(H,26,31)/t12-,13-/m0/s1. The number of anilines is 2. The number of methoxy groups -OCH3 is 1. The fourth-order valence-electron chi connectivity index (χ4n) is 4.50. The van der Waals surface area contributed by atoms with Gasteiger partial charge in [-0.3, -0.25) is 9.48 Å². The van der Waals surface area contributed by atoms with Crippen molar-refractivity contribution in [1.82, 2.24) is 20.1 Å². The molecule has 1 amide bonds. The molecular formula is C23H25FN6O3. The second-order valence-corrected chi connectivity index (χ2v) is 8.52. The van der Waals surface area contributed by atoms with Crippen LogP contribution in [-0.2, 0) is 7.05 Å². The van der Waals surface area contributed by atoms with Gasteiger partial charge in [-0.25, -0.2) is 4.39 Å². The quantitative estimate of drug-likeness (QED) is 0.490. The number of aryl methyl sites for hydroxylation is 1. The smallest absolute Gasteiger partial charge is 0.394 e. The first-order valence-electron chi connectivity index (χ1n) is 10.7. The van der Waals surface area contributed by atoms with Crippen molar-refractivity contribution in [3.8, 4) is 6.08 Å². The van der Waals surface area contributed by atoms with Gasteiger partial charge in [0.2, 0.25) is 0 Å². The van der Waals surface area contributed by atoms with Crippen LogP contribution in [-0.4, -0.2) is 53.0 Å². The predicted molar refractivity (Wildman–Crippen MR) is 123 cm³/mol. The van der Waals surface area contributed by atoms with E-state index in [1.165, 1.54) is 17.9 Å². The van der Waals surface area contributed by atoms with Crippen molar-refractivity contribution in [2.75, 3.05) is 30.4 Å². The summed E-state index contributed by atoms with van der Waals surface area (Å²) in [4.78, 5) is 19.9. The average molecular weight is 452 g/mol. The number of ether oxygens (including phenoxy) is 1. The second kappa shape index (κ2) is 8.04. The lowest BCUT2D eigenvalue weighted by Gasteiger charge is -2.37. The number of piperazine rings is 1. The van der Waals surface area contributed by atoms with Crippen LogP contribution in [0.1, 0.15) is 24.2 Å². The van der Waals surface area contributed by atoms with Crippen LogP contribution in [0.5, 0.6) is 6.08 Å². The number of nitrogens with one attached hydrogen (secondary N) is 2. The molecule has 1 aliphatic rings. The van der Waals surface area contributed by atoms with E-state index in [2.05, 4.69) is 39.5 Å². The molecule has 2 aromatic carbocycles. The summed E-state index contributed by atoms with van der Waals surface area (Å²) in [5.74, 6) is -0.942. The van der Waals surface area contributed by atoms with E-state index in [-0.39, 0.29) is 17.2 Å². The van der Waals surface area contributed by atoms with E-state index in [0.717, 1.165) is 18.8 Å². The Balaban J connectivity index is 1.52. The molecule has 2 N–H and O–H groups in total. The Morgan fingerprint density at radius 1 is 1.24 bits per heavy atom. The Morgan fingerprint density at radius 2 is 2.00 bits per heavy atom. The number of fused-ring (bicyclic) bond motifs is 2. The number of carbonyl (C=O) groups is 1. The highest BCUT2D eigenvalue weighted by Crippen LogP contribution is 2.34. The number of aromatic nitrogens is 3. The molecule has 9 nitrogen and oxygen atoms in total. The van der Waals surface area contributed by atoms with Gasteiger partial charge in [0, 0.05) is 49.5 Å². The molecule has 2 atom stereocenters. The summed E-state index contributed by atoms with van der Waals surface area (Å²) in [6.45, 7) is 5.85. The van der Waals surface area contributed by atoms with Crippen molar-refractivity contribution >= 4 is 39.3 Å². The molecule has 0 spiro atoms. The molecule has 1 aliphatic heterocycles. The Morgan fingerprint density at radius 3 is 2.73 bits per heavy atom. The van der Waals surface area contributed by atoms with Gasteiger partial charge in [-0.2, -0.15) is 10.1 Å². The molecule has 172 valence electrons. The molecule has 5 rings (SSSR count). The van der Waals surface area contributed by atoms with Gasteiger partial charge < -0.3 is 24.7 Å². The summed E-state index contributed by atoms with van der Waals surface area (Å²) >= 11 is 0. The third-order valence-electron chi connectivity index (χ3n) is 5.75. The highest BCUT2D eigenvalue weighted by atomic mass is 19.1. The first-order chi connectivity index (χ1) is 15.8. The molecule has 1 fully saturated rings. The van der Waals surface area contributed by atoms with E-state index in [1.807, 2.05) is 6.07 Å². The zero-order chi connectivity index (χ0) is 23.3. The monoisotopic (exact) mass is 452 g/mol. The van der Waals surface area contributed by atoms with Gasteiger partial charge in [-0.15, -0.1) is 0 Å². The Hall–Kier alpha value is -3.66. The summed E-state index contributed by atoms with van der Waals surface area (Å²) in [5, 5.41) is 11.0. The number of benzene rings is 2. The molecule has 0 aliphatic carbocycles. The highest BCUT2D eigenvalue weighted by molar-refractivity contribution is 6.13. The number of amides is 1. The van der Waals surface area contributed by atoms with Crippen LogP contribution in [0.4, 0.5) is 15.8 Å². The van der Waals surface area contributed by atoms with Gasteiger partial charge in [0.15, 0.2) is 11.4 Å². The third kappa shape index (κ3) is 3.86. The van der Waals surface area contributed by atoms with E-state index in [4.69, 9.17) is 9.15 Å². The van der Waals surface area contributed by atoms with E-state index >= 15 is 0 Å². The molecular weight excluding hydrogens is 427 g/mol. The Kier molecular flexibility index (Phi) is 5.16. The largest absolute Gasteiger partial charge is 0.453 e. The van der Waals surface area contributed by atoms with Crippen molar-refractivity contribution in [3.63, 3.8) is 0 Å². The maximum absolute atomic E-state index is 14.5. The number of hydrogen-bond donors (Lipinski definition) is 2. The van der Waals surface area contributed by atoms with E-state index in [9.17, 15) is 9.18 Å². The van der Waals surface area contributed by atoms with Gasteiger partial charge in [-0.05, 0) is 38.1 Å². The van der Waals surface area contributed by atoms with Crippen molar-refractivity contribution < 1.29 is 18.3 Å². The van der Waals surface area contributed by atoms with Crippen LogP contribution in [0.3, 0.4) is 0 Å². The molecule has 0 saturated carbocycles. The lowest BCUT2D eigenvalue weighted by molar-refractivity contribution is 0.102. The maximum atomic E-state index is 14.5. The molecule has 3 heterocycles. The van der Waals surface area contributed by atoms with Crippen molar-refractivity contribution in [3.05, 3.63) is 41.8 Å². The number of nitrogens with zero attached hydrogens (tertiary/aromatic N) is 4. The van der Waals surface area contributed by atoms with E-state index < -0.39 is 11.7 Å². The summed E-state index contributed by atoms with van der Waals surface area (Å²) in [6, 6.07) is 7.11. The zero-order valence-electron chi connectivity index (χ0n) is 18.8. The fraction of sp³-hybridized carbons (Fsp3) is 0.348. The van der Waals surface area contributed by atoms with Crippen LogP contribution in [0.25, 0.3) is 22.0 Å². The van der Waals surface area contributed by atoms with Crippen LogP contribution >= 0.6 is 0 Å². The molecule has 0 radical (unpaired) electrons. The van der Waals surface area contributed by atoms with Crippen LogP contribution < -0.4 is 20.3 Å². The van der Waals surface area contributed by atoms with E-state index in [1.54, 1.807) is 25.4 Å². The van der Waals surface area contributed by atoms with Crippen molar-refractivity contribution in [2.45, 2.75) is 25.9 Å². The third-order valence-corrected chi connectivity index (χ3v) is 5.75. The number of carbonyl (C=O) groups excluding carboxylic acids is 1. The van der Waals surface area contributed by atoms with Gasteiger partial charge in [0.25, 0.3) is 5.91 Å². The maximum Gasteiger partial charge on any atom is 0.394 e. The van der Waals surface area contributed by atoms with Gasteiger partial charge in [0.1, 0.15) is 11.0 Å². The first kappa shape index (κ1) is 21.2. The van der Waals surface area contributed by atoms with Gasteiger partial charge >= 0.3 is 6.08 Å². The first-order valence-corrected chi connectivity index (χ1v) is 10.7. The summed E-state index contributed by atoms with van der Waals surface area (Å²) < 4.78 is 27.0. The molecule has 2 aromatic heterocycles. The number of hydrogen-bond acceptors (Lipinski definition) is 7. The molecule has 10 heteroatoms. The van der Waals surface area contributed by atoms with Crippen molar-refractivity contribution in [1.29, 1.82) is 0 Å². The lowest BCUT2D eigenvalue weighted by Crippen LogP contribution is -2.54. The normalized spacial score (nSPS) is 18.8. The topological polar surface area (TPSA) is 97.5 Å². The molecule has 4 aromatic rings.